The lowest BCUT2D eigenvalue weighted by molar-refractivity contribution is -0.279. The number of hydrogen-bond acceptors (Lipinski definition) is 14. The van der Waals surface area contributed by atoms with Crippen LogP contribution in [0.2, 0.25) is 0 Å². The van der Waals surface area contributed by atoms with Gasteiger partial charge in [-0.3, -0.25) is 9.09 Å². The van der Waals surface area contributed by atoms with Crippen LogP contribution in [0.25, 0.3) is 11.2 Å². The Morgan fingerprint density at radius 2 is 1.43 bits per heavy atom. The van der Waals surface area contributed by atoms with Crippen LogP contribution in [0, 0.1) is 0 Å². The number of fused-ring (bicyclic) bond motifs is 1. The molecule has 1 fully saturated rings. The summed E-state index contributed by atoms with van der Waals surface area (Å²) >= 11 is 0. The Labute approximate surface area is 290 Å². The Balaban J connectivity index is 1.33. The van der Waals surface area contributed by atoms with Gasteiger partial charge in [0.1, 0.15) is 42.6 Å². The maximum Gasteiger partial charge on any atom is 0.358 e. The molecule has 0 spiro atoms. The van der Waals surface area contributed by atoms with Crippen molar-refractivity contribution in [1.29, 1.82) is 0 Å². The Bertz CT molecular complexity index is 1210. The number of nitrogens with two attached hydrogens (primary N) is 1. The van der Waals surface area contributed by atoms with Crippen LogP contribution in [0.15, 0.2) is 12.7 Å². The maximum atomic E-state index is 13.7. The summed E-state index contributed by atoms with van der Waals surface area (Å²) in [6, 6.07) is 0. The molecule has 2 unspecified atom stereocenters. The molecule has 2 aromatic rings. The first-order valence-corrected chi connectivity index (χ1v) is 19.8. The van der Waals surface area contributed by atoms with Crippen LogP contribution in [0.4, 0.5) is 5.82 Å². The van der Waals surface area contributed by atoms with Crippen LogP contribution >= 0.6 is 7.60 Å². The van der Waals surface area contributed by atoms with Gasteiger partial charge < -0.3 is 49.5 Å². The van der Waals surface area contributed by atoms with E-state index in [1.54, 1.807) is 10.9 Å². The number of aliphatic hydroxyl groups excluding tert-OH is 4. The van der Waals surface area contributed by atoms with E-state index in [1.165, 1.54) is 83.4 Å². The smallest absolute Gasteiger partial charge is 0.358 e. The van der Waals surface area contributed by atoms with Crippen LogP contribution < -0.4 is 5.73 Å². The quantitative estimate of drug-likeness (QED) is 0.0614. The zero-order chi connectivity index (χ0) is 35.3. The maximum absolute atomic E-state index is 13.7. The highest BCUT2D eigenvalue weighted by atomic mass is 31.2. The number of anilines is 1. The van der Waals surface area contributed by atoms with Crippen LogP contribution in [0.3, 0.4) is 0 Å². The van der Waals surface area contributed by atoms with Crippen molar-refractivity contribution in [3.05, 3.63) is 12.7 Å². The summed E-state index contributed by atoms with van der Waals surface area (Å²) in [4.78, 5) is 12.3. The van der Waals surface area contributed by atoms with Gasteiger partial charge in [-0.1, -0.05) is 90.4 Å². The van der Waals surface area contributed by atoms with Gasteiger partial charge in [-0.15, -0.1) is 0 Å². The number of ether oxygens (including phenoxy) is 3. The molecule has 6 N–H and O–H groups in total. The normalized spacial score (nSPS) is 22.5. The van der Waals surface area contributed by atoms with Crippen LogP contribution in [-0.2, 0) is 34.4 Å². The third-order valence-corrected chi connectivity index (χ3v) is 10.2. The van der Waals surface area contributed by atoms with Crippen LogP contribution in [-0.4, -0.2) is 110 Å². The summed E-state index contributed by atoms with van der Waals surface area (Å²) in [5.41, 5.74) is 6.81. The van der Waals surface area contributed by atoms with Gasteiger partial charge in [-0.05, 0) is 12.8 Å². The standard InChI is InChI=1S/C33H60N5O10P/c1-2-3-4-5-6-7-8-9-10-11-12-13-14-15-18-44-19-16-20-46-49(43,48-33-30(42)29(41)28(40)26(22-39)47-33)25-45-21-17-38-24-37-27-31(34)35-23-36-32(27)38/h23-24,26,28-30,33,39-42H,2-22,25H2,1H3,(H2,34,35,36)/t26-,28+,29+,30-,33?,49?/m1/s1. The van der Waals surface area contributed by atoms with E-state index in [-0.39, 0.29) is 19.0 Å². The number of aromatic nitrogens is 4. The van der Waals surface area contributed by atoms with Gasteiger partial charge >= 0.3 is 7.60 Å². The Hall–Kier alpha value is -1.78. The van der Waals surface area contributed by atoms with Gasteiger partial charge in [-0.2, -0.15) is 0 Å². The second-order valence-electron chi connectivity index (χ2n) is 12.7. The molecule has 1 saturated heterocycles. The fraction of sp³-hybridized carbons (Fsp3) is 0.848. The van der Waals surface area contributed by atoms with E-state index in [1.807, 2.05) is 0 Å². The number of aliphatic hydroxyl groups is 4. The van der Waals surface area contributed by atoms with E-state index in [9.17, 15) is 25.0 Å². The molecule has 15 nitrogen and oxygen atoms in total. The highest BCUT2D eigenvalue weighted by Crippen LogP contribution is 2.51. The number of unbranched alkanes of at least 4 members (excludes halogenated alkanes) is 13. The van der Waals surface area contributed by atoms with E-state index >= 15 is 0 Å². The molecule has 6 atom stereocenters. The third kappa shape index (κ3) is 14.8. The molecule has 0 saturated carbocycles. The minimum absolute atomic E-state index is 0.0131. The number of hydrogen-bond donors (Lipinski definition) is 5. The molecule has 1 aliphatic heterocycles. The summed E-state index contributed by atoms with van der Waals surface area (Å²) in [5, 5.41) is 40.2. The highest BCUT2D eigenvalue weighted by molar-refractivity contribution is 7.53. The van der Waals surface area contributed by atoms with Crippen molar-refractivity contribution >= 4 is 24.6 Å². The molecule has 0 amide bonds. The molecule has 282 valence electrons. The second kappa shape index (κ2) is 23.6. The predicted octanol–water partition coefficient (Wildman–Crippen LogP) is 4.30. The van der Waals surface area contributed by atoms with Crippen molar-refractivity contribution in [2.75, 3.05) is 45.1 Å². The fourth-order valence-corrected chi connectivity index (χ4v) is 7.13. The van der Waals surface area contributed by atoms with Gasteiger partial charge in [-0.25, -0.2) is 15.0 Å². The summed E-state index contributed by atoms with van der Waals surface area (Å²) in [5.74, 6) is 0.249. The summed E-state index contributed by atoms with van der Waals surface area (Å²) in [6.45, 7) is 3.02. The van der Waals surface area contributed by atoms with E-state index in [2.05, 4.69) is 21.9 Å². The largest absolute Gasteiger partial charge is 0.394 e. The summed E-state index contributed by atoms with van der Waals surface area (Å²) in [6.07, 6.45) is 13.0. The number of nitrogens with zero attached hydrogens (tertiary/aromatic N) is 4. The molecule has 0 aliphatic carbocycles. The zero-order valence-electron chi connectivity index (χ0n) is 29.1. The molecule has 0 bridgehead atoms. The first-order chi connectivity index (χ1) is 23.8. The highest BCUT2D eigenvalue weighted by Gasteiger charge is 2.47. The van der Waals surface area contributed by atoms with Crippen molar-refractivity contribution in [2.24, 2.45) is 0 Å². The van der Waals surface area contributed by atoms with Crippen molar-refractivity contribution in [1.82, 2.24) is 19.5 Å². The van der Waals surface area contributed by atoms with Gasteiger partial charge in [0.2, 0.25) is 0 Å². The molecule has 3 rings (SSSR count). The first-order valence-electron chi connectivity index (χ1n) is 18.1. The molecule has 0 radical (unpaired) electrons. The molecule has 1 aliphatic rings. The minimum atomic E-state index is -4.07. The molecule has 49 heavy (non-hydrogen) atoms. The monoisotopic (exact) mass is 717 g/mol. The van der Waals surface area contributed by atoms with E-state index in [4.69, 9.17) is 29.0 Å². The topological polar surface area (TPSA) is 214 Å². The van der Waals surface area contributed by atoms with Crippen molar-refractivity contribution in [3.8, 4) is 0 Å². The average molecular weight is 718 g/mol. The molecular formula is C33H60N5O10P. The Kier molecular flexibility index (Phi) is 20.1. The van der Waals surface area contributed by atoms with Crippen molar-refractivity contribution < 1.29 is 48.2 Å². The molecule has 3 heterocycles. The minimum Gasteiger partial charge on any atom is -0.394 e. The van der Waals surface area contributed by atoms with Gasteiger partial charge in [0.05, 0.1) is 26.1 Å². The molecule has 2 aromatic heterocycles. The van der Waals surface area contributed by atoms with E-state index < -0.39 is 51.3 Å². The third-order valence-electron chi connectivity index (χ3n) is 8.63. The van der Waals surface area contributed by atoms with Crippen LogP contribution in [0.5, 0.6) is 0 Å². The lowest BCUT2D eigenvalue weighted by Crippen LogP contribution is -2.59. The fourth-order valence-electron chi connectivity index (χ4n) is 5.68. The van der Waals surface area contributed by atoms with E-state index in [0.29, 0.717) is 37.3 Å². The predicted molar refractivity (Wildman–Crippen MR) is 185 cm³/mol. The summed E-state index contributed by atoms with van der Waals surface area (Å²) in [7, 11) is -4.07. The number of imidazole rings is 1. The Morgan fingerprint density at radius 1 is 0.796 bits per heavy atom. The zero-order valence-corrected chi connectivity index (χ0v) is 30.0. The van der Waals surface area contributed by atoms with Gasteiger partial charge in [0.15, 0.2) is 17.8 Å². The second-order valence-corrected chi connectivity index (χ2v) is 14.7. The van der Waals surface area contributed by atoms with E-state index in [0.717, 1.165) is 12.8 Å². The van der Waals surface area contributed by atoms with Gasteiger partial charge in [0, 0.05) is 19.8 Å². The number of nitrogen functional groups attached to an aromatic ring is 1. The van der Waals surface area contributed by atoms with Crippen molar-refractivity contribution in [2.45, 2.75) is 140 Å². The van der Waals surface area contributed by atoms with Crippen LogP contribution in [0.1, 0.15) is 103 Å². The molecule has 0 aromatic carbocycles. The Morgan fingerprint density at radius 3 is 2.08 bits per heavy atom. The summed E-state index contributed by atoms with van der Waals surface area (Å²) < 4.78 is 43.4. The molecular weight excluding hydrogens is 657 g/mol. The lowest BCUT2D eigenvalue weighted by atomic mass is 10.00. The number of rotatable bonds is 28. The average Bonchev–Trinajstić information content (AvgIpc) is 3.52. The molecule has 16 heteroatoms. The first kappa shape index (κ1) is 41.6. The SMILES string of the molecule is CCCCCCCCCCCCCCCCOCCCOP(=O)(COCCn1cnc2c(N)ncnc21)OC1O[C@H](CO)[C@H](O)[C@H](O)[C@H]1O. The lowest BCUT2D eigenvalue weighted by Gasteiger charge is -2.40. The van der Waals surface area contributed by atoms with Gasteiger partial charge in [0.25, 0.3) is 0 Å². The van der Waals surface area contributed by atoms with Crippen molar-refractivity contribution in [3.63, 3.8) is 0 Å².